The van der Waals surface area contributed by atoms with Gasteiger partial charge in [0.2, 0.25) is 11.5 Å². The number of esters is 2. The summed E-state index contributed by atoms with van der Waals surface area (Å²) in [6, 6.07) is 8.03. The Morgan fingerprint density at radius 2 is 0.897 bits per heavy atom. The van der Waals surface area contributed by atoms with Crippen LogP contribution >= 0.6 is 0 Å². The molecule has 6 rings (SSSR count). The minimum absolute atomic E-state index is 0. The van der Waals surface area contributed by atoms with Crippen molar-refractivity contribution >= 4 is 23.9 Å². The van der Waals surface area contributed by atoms with Crippen LogP contribution in [0, 0.1) is 17.3 Å². The molecule has 4 fully saturated rings. The van der Waals surface area contributed by atoms with E-state index in [1.165, 1.54) is 42.3 Å². The molecule has 4 unspecified atom stereocenters. The van der Waals surface area contributed by atoms with Gasteiger partial charge in [-0.1, -0.05) is 0 Å². The van der Waals surface area contributed by atoms with Crippen LogP contribution in [0.5, 0.6) is 34.5 Å². The average molecular weight is 854 g/mol. The average Bonchev–Trinajstić information content (AvgIpc) is 3.37. The van der Waals surface area contributed by atoms with Gasteiger partial charge in [-0.25, -0.2) is 0 Å². The van der Waals surface area contributed by atoms with Gasteiger partial charge in [0.25, 0.3) is 0 Å². The summed E-state index contributed by atoms with van der Waals surface area (Å²) in [4.78, 5) is 50.2. The van der Waals surface area contributed by atoms with Crippen molar-refractivity contribution in [3.8, 4) is 34.5 Å². The van der Waals surface area contributed by atoms with Crippen LogP contribution in [0.25, 0.3) is 0 Å². The van der Waals surface area contributed by atoms with E-state index < -0.39 is 35.7 Å². The fourth-order valence-corrected chi connectivity index (χ4v) is 11.5. The van der Waals surface area contributed by atoms with E-state index in [9.17, 15) is 29.4 Å². The molecule has 2 N–H and O–H groups in total. The number of quaternary nitrogens is 2. The molecule has 322 valence electrons. The zero-order valence-electron chi connectivity index (χ0n) is 34.7. The minimum Gasteiger partial charge on any atom is -1.00 e. The molecule has 0 saturated carbocycles. The molecule has 14 nitrogen and oxygen atoms in total. The highest BCUT2D eigenvalue weighted by atomic mass is 35.5. The van der Waals surface area contributed by atoms with Gasteiger partial charge < -0.3 is 72.4 Å². The van der Waals surface area contributed by atoms with E-state index in [0.29, 0.717) is 70.7 Å². The molecule has 4 aliphatic heterocycles. The van der Waals surface area contributed by atoms with Gasteiger partial charge in [-0.2, -0.15) is 0 Å². The van der Waals surface area contributed by atoms with Crippen LogP contribution in [0.3, 0.4) is 0 Å². The Bertz CT molecular complexity index is 1680. The third kappa shape index (κ3) is 8.39. The number of carbonyl (C=O) groups is 4. The number of aliphatic carboxylic acids is 2. The molecule has 4 atom stereocenters. The first-order chi connectivity index (χ1) is 26.5. The molecule has 58 heavy (non-hydrogen) atoms. The van der Waals surface area contributed by atoms with Gasteiger partial charge in [0.05, 0.1) is 78.5 Å². The molecule has 16 heteroatoms. The number of carboxylic acid groups (broad SMARTS) is 2. The molecule has 0 aromatic heterocycles. The van der Waals surface area contributed by atoms with Crippen molar-refractivity contribution in [2.75, 3.05) is 42.5 Å². The Hall–Kier alpha value is -3.98. The monoisotopic (exact) mass is 852 g/mol. The molecule has 4 saturated heterocycles. The van der Waals surface area contributed by atoms with Crippen molar-refractivity contribution in [1.29, 1.82) is 0 Å². The second-order valence-corrected chi connectivity index (χ2v) is 16.9. The summed E-state index contributed by atoms with van der Waals surface area (Å²) in [5.41, 5.74) is 0.486. The van der Waals surface area contributed by atoms with Gasteiger partial charge in [-0.05, 0) is 36.1 Å². The topological polar surface area (TPSA) is 164 Å². The van der Waals surface area contributed by atoms with Crippen LogP contribution in [0.15, 0.2) is 24.3 Å². The van der Waals surface area contributed by atoms with E-state index in [0.717, 1.165) is 36.8 Å². The fourth-order valence-electron chi connectivity index (χ4n) is 11.5. The minimum atomic E-state index is -1.40. The molecular formula is C42H58Cl2N2O12. The van der Waals surface area contributed by atoms with Gasteiger partial charge in [0.15, 0.2) is 23.0 Å². The number of carboxylic acids is 2. The molecule has 4 bridgehead atoms. The quantitative estimate of drug-likeness (QED) is 0.136. The number of benzene rings is 2. The lowest BCUT2D eigenvalue weighted by atomic mass is 9.57. The number of halogens is 2. The number of methoxy groups -OCH3 is 4. The first kappa shape index (κ1) is 46.7. The smallest absolute Gasteiger partial charge is 0.310 e. The van der Waals surface area contributed by atoms with Gasteiger partial charge in [0, 0.05) is 76.3 Å². The van der Waals surface area contributed by atoms with E-state index in [4.69, 9.17) is 28.4 Å². The largest absolute Gasteiger partial charge is 1.00 e. The maximum atomic E-state index is 13.8. The molecule has 0 amide bonds. The summed E-state index contributed by atoms with van der Waals surface area (Å²) in [5, 5.41) is 21.7. The zero-order chi connectivity index (χ0) is 40.7. The summed E-state index contributed by atoms with van der Waals surface area (Å²) in [6.45, 7) is 3.91. The van der Waals surface area contributed by atoms with Crippen molar-refractivity contribution in [3.05, 3.63) is 35.4 Å². The van der Waals surface area contributed by atoms with Crippen LogP contribution in [0.4, 0.5) is 0 Å². The van der Waals surface area contributed by atoms with E-state index in [2.05, 4.69) is 14.1 Å². The summed E-state index contributed by atoms with van der Waals surface area (Å²) >= 11 is 0. The van der Waals surface area contributed by atoms with Crippen molar-refractivity contribution in [1.82, 2.24) is 0 Å². The van der Waals surface area contributed by atoms with Gasteiger partial charge >= 0.3 is 23.9 Å². The lowest BCUT2D eigenvalue weighted by Gasteiger charge is -2.55. The third-order valence-electron chi connectivity index (χ3n) is 14.1. The van der Waals surface area contributed by atoms with Gasteiger partial charge in [-0.15, -0.1) is 0 Å². The van der Waals surface area contributed by atoms with E-state index in [1.807, 2.05) is 24.3 Å². The molecule has 0 aliphatic carbocycles. The predicted octanol–water partition coefficient (Wildman–Crippen LogP) is -0.399. The molecular weight excluding hydrogens is 795 g/mol. The number of rotatable bonds is 15. The molecule has 0 radical (unpaired) electrons. The van der Waals surface area contributed by atoms with Crippen molar-refractivity contribution in [2.45, 2.75) is 109 Å². The SMILES string of the molecule is COc1cc(C[N+]2(C)C3CCC2CC(C(CC(=O)O)(C(=O)O)C2CC4CCC(C2)[N+]4(C)Cc2cc(OC)c(OC(C)=O)c(OC)c2)C3)cc(OC)c1OC(C)=O.[Cl-].[Cl-]. The Labute approximate surface area is 353 Å². The molecule has 2 aromatic carbocycles. The number of carbonyl (C=O) groups excluding carboxylic acids is 2. The fraction of sp³-hybridized carbons (Fsp3) is 0.619. The molecule has 4 heterocycles. The number of hydrogen-bond donors (Lipinski definition) is 2. The lowest BCUT2D eigenvalue weighted by molar-refractivity contribution is -0.963. The van der Waals surface area contributed by atoms with Crippen molar-refractivity contribution in [3.63, 3.8) is 0 Å². The maximum Gasteiger partial charge on any atom is 0.310 e. The van der Waals surface area contributed by atoms with E-state index >= 15 is 0 Å². The number of hydrogen-bond acceptors (Lipinski definition) is 10. The highest BCUT2D eigenvalue weighted by Crippen LogP contribution is 2.59. The summed E-state index contributed by atoms with van der Waals surface area (Å²) in [6.07, 6.45) is 5.79. The van der Waals surface area contributed by atoms with Crippen molar-refractivity contribution in [2.24, 2.45) is 17.3 Å². The first-order valence-electron chi connectivity index (χ1n) is 19.5. The Morgan fingerprint density at radius 1 is 0.603 bits per heavy atom. The van der Waals surface area contributed by atoms with Crippen LogP contribution < -0.4 is 53.2 Å². The number of nitrogens with zero attached hydrogens (tertiary/aromatic N) is 2. The predicted molar refractivity (Wildman–Crippen MR) is 203 cm³/mol. The number of piperidine rings is 2. The van der Waals surface area contributed by atoms with Crippen molar-refractivity contribution < 1.29 is 91.6 Å². The lowest BCUT2D eigenvalue weighted by Crippen LogP contribution is -3.00. The van der Waals surface area contributed by atoms with Crippen LogP contribution in [0.1, 0.15) is 82.8 Å². The first-order valence-corrected chi connectivity index (χ1v) is 19.5. The van der Waals surface area contributed by atoms with Gasteiger partial charge in [0.1, 0.15) is 13.1 Å². The standard InChI is InChI=1S/C42H56N2O12.2ClH/c1-24(45)55-39-34(51-5)13-26(14-35(39)52-6)22-43(3)30-9-10-31(43)18-28(17-30)42(41(49)50,21-38(47)48)29-19-32-11-12-33(20-29)44(32,4)23-27-15-36(53-7)40(56-25(2)46)37(16-27)54-8;;/h13-16,28-33H,9-12,17-23H2,1-8H3;2*1H. The normalized spacial score (nSPS) is 29.1. The Kier molecular flexibility index (Phi) is 14.6. The molecule has 2 aromatic rings. The van der Waals surface area contributed by atoms with Crippen LogP contribution in [-0.2, 0) is 32.3 Å². The Morgan fingerprint density at radius 3 is 1.12 bits per heavy atom. The second-order valence-electron chi connectivity index (χ2n) is 16.9. The van der Waals surface area contributed by atoms with Crippen LogP contribution in [0.2, 0.25) is 0 Å². The summed E-state index contributed by atoms with van der Waals surface area (Å²) < 4.78 is 34.7. The third-order valence-corrected chi connectivity index (χ3v) is 14.1. The zero-order valence-corrected chi connectivity index (χ0v) is 36.2. The van der Waals surface area contributed by atoms with E-state index in [1.54, 1.807) is 0 Å². The highest BCUT2D eigenvalue weighted by molar-refractivity contribution is 5.82. The van der Waals surface area contributed by atoms with Crippen LogP contribution in [-0.4, -0.2) is 110 Å². The van der Waals surface area contributed by atoms with Gasteiger partial charge in [-0.3, -0.25) is 19.2 Å². The summed E-state index contributed by atoms with van der Waals surface area (Å²) in [5.74, 6) is -1.60. The highest BCUT2D eigenvalue weighted by Gasteiger charge is 2.64. The summed E-state index contributed by atoms with van der Waals surface area (Å²) in [7, 11) is 10.5. The second kappa shape index (κ2) is 18.1. The number of fused-ring (bicyclic) bond motifs is 4. The van der Waals surface area contributed by atoms with E-state index in [-0.39, 0.29) is 72.3 Å². The maximum absolute atomic E-state index is 13.8. The Balaban J connectivity index is 0.00000372. The molecule has 0 spiro atoms. The molecule has 4 aliphatic rings. The number of ether oxygens (including phenoxy) is 6.